The van der Waals surface area contributed by atoms with Crippen molar-refractivity contribution >= 4 is 22.9 Å². The van der Waals surface area contributed by atoms with Crippen molar-refractivity contribution in [3.8, 4) is 0 Å². The SMILES string of the molecule is CCOC(=O)N/N=C(\N)c1cc2ccccc2o1. The Morgan fingerprint density at radius 1 is 1.50 bits per heavy atom. The van der Waals surface area contributed by atoms with E-state index in [0.717, 1.165) is 5.39 Å². The zero-order valence-electron chi connectivity index (χ0n) is 9.84. The van der Waals surface area contributed by atoms with E-state index < -0.39 is 6.09 Å². The summed E-state index contributed by atoms with van der Waals surface area (Å²) in [6, 6.07) is 9.23. The van der Waals surface area contributed by atoms with Crippen molar-refractivity contribution < 1.29 is 13.9 Å². The van der Waals surface area contributed by atoms with Gasteiger partial charge in [-0.05, 0) is 19.1 Å². The summed E-state index contributed by atoms with van der Waals surface area (Å²) >= 11 is 0. The topological polar surface area (TPSA) is 89.8 Å². The minimum absolute atomic E-state index is 0.0826. The molecule has 1 aromatic carbocycles. The van der Waals surface area contributed by atoms with E-state index in [-0.39, 0.29) is 12.4 Å². The standard InChI is InChI=1S/C12H13N3O3/c1-2-17-12(16)15-14-11(13)10-7-8-5-3-4-6-9(8)18-10/h3-7H,2H2,1H3,(H2,13,14)(H,15,16). The number of nitrogens with zero attached hydrogens (tertiary/aromatic N) is 1. The molecule has 1 heterocycles. The number of carbonyl (C=O) groups excluding carboxylic acids is 1. The predicted octanol–water partition coefficient (Wildman–Crippen LogP) is 1.80. The van der Waals surface area contributed by atoms with E-state index in [1.54, 1.807) is 13.0 Å². The molecule has 0 fully saturated rings. The first-order valence-electron chi connectivity index (χ1n) is 5.45. The van der Waals surface area contributed by atoms with Crippen LogP contribution in [0.1, 0.15) is 12.7 Å². The summed E-state index contributed by atoms with van der Waals surface area (Å²) in [5.41, 5.74) is 8.57. The summed E-state index contributed by atoms with van der Waals surface area (Å²) < 4.78 is 10.1. The van der Waals surface area contributed by atoms with Gasteiger partial charge < -0.3 is 14.9 Å². The number of hydrogen-bond acceptors (Lipinski definition) is 4. The molecule has 0 aliphatic heterocycles. The highest BCUT2D eigenvalue weighted by Crippen LogP contribution is 2.18. The molecule has 6 nitrogen and oxygen atoms in total. The lowest BCUT2D eigenvalue weighted by Crippen LogP contribution is -2.24. The van der Waals surface area contributed by atoms with Crippen LogP contribution in [0.15, 0.2) is 39.9 Å². The average Bonchev–Trinajstić information content (AvgIpc) is 2.80. The number of hydrogen-bond donors (Lipinski definition) is 2. The van der Waals surface area contributed by atoms with Gasteiger partial charge >= 0.3 is 6.09 Å². The molecule has 0 aliphatic carbocycles. The number of rotatable bonds is 3. The molecule has 1 amide bonds. The third-order valence-corrected chi connectivity index (χ3v) is 2.22. The van der Waals surface area contributed by atoms with Crippen LogP contribution in [-0.4, -0.2) is 18.5 Å². The molecule has 0 bridgehead atoms. The van der Waals surface area contributed by atoms with Gasteiger partial charge in [0.15, 0.2) is 11.6 Å². The first-order chi connectivity index (χ1) is 8.70. The Bertz CT molecular complexity index is 556. The van der Waals surface area contributed by atoms with Crippen LogP contribution in [0.4, 0.5) is 4.79 Å². The molecule has 0 atom stereocenters. The molecule has 2 aromatic rings. The summed E-state index contributed by atoms with van der Waals surface area (Å²) in [7, 11) is 0. The molecule has 0 saturated carbocycles. The van der Waals surface area contributed by atoms with Crippen LogP contribution in [0.2, 0.25) is 0 Å². The second-order valence-corrected chi connectivity index (χ2v) is 3.48. The summed E-state index contributed by atoms with van der Waals surface area (Å²) in [6.07, 6.45) is -0.656. The Hall–Kier alpha value is -2.50. The molecule has 94 valence electrons. The van der Waals surface area contributed by atoms with Crippen LogP contribution in [0.3, 0.4) is 0 Å². The number of nitrogens with one attached hydrogen (secondary N) is 1. The number of furan rings is 1. The van der Waals surface area contributed by atoms with Gasteiger partial charge in [-0.1, -0.05) is 18.2 Å². The first-order valence-corrected chi connectivity index (χ1v) is 5.45. The number of amides is 1. The number of para-hydroxylation sites is 1. The fraction of sp³-hybridized carbons (Fsp3) is 0.167. The largest absolute Gasteiger partial charge is 0.453 e. The lowest BCUT2D eigenvalue weighted by molar-refractivity contribution is 0.152. The molecule has 0 aliphatic rings. The predicted molar refractivity (Wildman–Crippen MR) is 67.1 cm³/mol. The van der Waals surface area contributed by atoms with Crippen LogP contribution < -0.4 is 11.2 Å². The minimum Gasteiger partial charge on any atom is -0.453 e. The molecule has 6 heteroatoms. The second-order valence-electron chi connectivity index (χ2n) is 3.48. The monoisotopic (exact) mass is 247 g/mol. The van der Waals surface area contributed by atoms with Gasteiger partial charge in [-0.2, -0.15) is 0 Å². The number of fused-ring (bicyclic) bond motifs is 1. The number of ether oxygens (including phenoxy) is 1. The Balaban J connectivity index is 2.15. The van der Waals surface area contributed by atoms with Crippen LogP contribution in [0, 0.1) is 0 Å². The van der Waals surface area contributed by atoms with Gasteiger partial charge in [0, 0.05) is 5.39 Å². The highest BCUT2D eigenvalue weighted by molar-refractivity contribution is 5.98. The van der Waals surface area contributed by atoms with Crippen molar-refractivity contribution in [1.29, 1.82) is 0 Å². The first kappa shape index (κ1) is 12.0. The van der Waals surface area contributed by atoms with E-state index in [9.17, 15) is 4.79 Å². The molecule has 0 radical (unpaired) electrons. The Morgan fingerprint density at radius 3 is 3.00 bits per heavy atom. The van der Waals surface area contributed by atoms with Crippen molar-refractivity contribution in [2.24, 2.45) is 10.8 Å². The lowest BCUT2D eigenvalue weighted by Gasteiger charge is -2.00. The zero-order chi connectivity index (χ0) is 13.0. The summed E-state index contributed by atoms with van der Waals surface area (Å²) in [4.78, 5) is 11.0. The van der Waals surface area contributed by atoms with E-state index in [1.165, 1.54) is 0 Å². The summed E-state index contributed by atoms with van der Waals surface area (Å²) in [6.45, 7) is 1.97. The maximum absolute atomic E-state index is 11.0. The van der Waals surface area contributed by atoms with Crippen LogP contribution in [-0.2, 0) is 4.74 Å². The number of amidine groups is 1. The van der Waals surface area contributed by atoms with E-state index in [1.807, 2.05) is 24.3 Å². The Kier molecular flexibility index (Phi) is 3.47. The van der Waals surface area contributed by atoms with E-state index in [2.05, 4.69) is 15.3 Å². The molecule has 0 spiro atoms. The normalized spacial score (nSPS) is 11.5. The van der Waals surface area contributed by atoms with E-state index in [0.29, 0.717) is 11.3 Å². The van der Waals surface area contributed by atoms with Gasteiger partial charge in [-0.3, -0.25) is 0 Å². The quantitative estimate of drug-likeness (QED) is 0.491. The molecular formula is C12H13N3O3. The third kappa shape index (κ3) is 2.60. The molecule has 18 heavy (non-hydrogen) atoms. The molecule has 3 N–H and O–H groups in total. The number of benzene rings is 1. The van der Waals surface area contributed by atoms with Gasteiger partial charge in [0.25, 0.3) is 0 Å². The average molecular weight is 247 g/mol. The molecule has 0 unspecified atom stereocenters. The van der Waals surface area contributed by atoms with Crippen molar-refractivity contribution in [3.63, 3.8) is 0 Å². The third-order valence-electron chi connectivity index (χ3n) is 2.22. The fourth-order valence-electron chi connectivity index (χ4n) is 1.43. The summed E-state index contributed by atoms with van der Waals surface area (Å²) in [5.74, 6) is 0.479. The Morgan fingerprint density at radius 2 is 2.28 bits per heavy atom. The molecule has 2 rings (SSSR count). The van der Waals surface area contributed by atoms with Crippen molar-refractivity contribution in [2.45, 2.75) is 6.92 Å². The van der Waals surface area contributed by atoms with Crippen molar-refractivity contribution in [2.75, 3.05) is 6.61 Å². The highest BCUT2D eigenvalue weighted by atomic mass is 16.5. The number of carbonyl (C=O) groups is 1. The Labute approximate surface area is 103 Å². The van der Waals surface area contributed by atoms with E-state index in [4.69, 9.17) is 10.2 Å². The number of nitrogens with two attached hydrogens (primary N) is 1. The minimum atomic E-state index is -0.656. The van der Waals surface area contributed by atoms with Gasteiger partial charge in [0.05, 0.1) is 6.61 Å². The summed E-state index contributed by atoms with van der Waals surface area (Å²) in [5, 5.41) is 4.60. The fourth-order valence-corrected chi connectivity index (χ4v) is 1.43. The van der Waals surface area contributed by atoms with Gasteiger partial charge in [0.2, 0.25) is 0 Å². The molecular weight excluding hydrogens is 234 g/mol. The highest BCUT2D eigenvalue weighted by Gasteiger charge is 2.07. The van der Waals surface area contributed by atoms with Crippen molar-refractivity contribution in [1.82, 2.24) is 5.43 Å². The molecule has 0 saturated heterocycles. The maximum Gasteiger partial charge on any atom is 0.427 e. The van der Waals surface area contributed by atoms with E-state index >= 15 is 0 Å². The smallest absolute Gasteiger partial charge is 0.427 e. The van der Waals surface area contributed by atoms with Crippen LogP contribution in [0.25, 0.3) is 11.0 Å². The van der Waals surface area contributed by atoms with Crippen LogP contribution in [0.5, 0.6) is 0 Å². The maximum atomic E-state index is 11.0. The lowest BCUT2D eigenvalue weighted by atomic mass is 10.2. The molecule has 1 aromatic heterocycles. The zero-order valence-corrected chi connectivity index (χ0v) is 9.84. The van der Waals surface area contributed by atoms with Crippen LogP contribution >= 0.6 is 0 Å². The van der Waals surface area contributed by atoms with Gasteiger partial charge in [0.1, 0.15) is 5.58 Å². The van der Waals surface area contributed by atoms with Crippen molar-refractivity contribution in [3.05, 3.63) is 36.1 Å². The van der Waals surface area contributed by atoms with Gasteiger partial charge in [-0.25, -0.2) is 10.2 Å². The van der Waals surface area contributed by atoms with Gasteiger partial charge in [-0.15, -0.1) is 5.10 Å². The second kappa shape index (κ2) is 5.22. The number of hydrazone groups is 1.